The lowest BCUT2D eigenvalue weighted by molar-refractivity contribution is 0.417. The molecule has 0 aliphatic carbocycles. The highest BCUT2D eigenvalue weighted by Crippen LogP contribution is 2.28. The second-order valence-corrected chi connectivity index (χ2v) is 4.23. The van der Waals surface area contributed by atoms with Crippen molar-refractivity contribution in [1.29, 1.82) is 0 Å². The Morgan fingerprint density at radius 3 is 3.00 bits per heavy atom. The molecule has 3 aromatic rings. The summed E-state index contributed by atoms with van der Waals surface area (Å²) in [6, 6.07) is 7.62. The molecule has 6 nitrogen and oxygen atoms in total. The van der Waals surface area contributed by atoms with Crippen LogP contribution in [0.25, 0.3) is 11.2 Å². The number of H-pyrrole nitrogens is 2. The summed E-state index contributed by atoms with van der Waals surface area (Å²) in [5.74, 6) is 1.45. The van der Waals surface area contributed by atoms with Gasteiger partial charge in [-0.3, -0.25) is 0 Å². The molecule has 0 atom stereocenters. The van der Waals surface area contributed by atoms with E-state index in [-0.39, 0.29) is 0 Å². The molecule has 7 heteroatoms. The fraction of sp³-hybridized carbons (Fsp3) is 0.0833. The Morgan fingerprint density at radius 1 is 1.32 bits per heavy atom. The summed E-state index contributed by atoms with van der Waals surface area (Å²) in [5.41, 5.74) is 2.17. The zero-order valence-electron chi connectivity index (χ0n) is 10.1. The van der Waals surface area contributed by atoms with E-state index in [4.69, 9.17) is 17.0 Å². The zero-order chi connectivity index (χ0) is 13.2. The number of methoxy groups -OCH3 is 1. The van der Waals surface area contributed by atoms with Gasteiger partial charge in [-0.25, -0.2) is 4.98 Å². The molecular formula is C12H11N5OS. The fourth-order valence-electron chi connectivity index (χ4n) is 1.83. The van der Waals surface area contributed by atoms with E-state index in [2.05, 4.69) is 25.3 Å². The number of anilines is 2. The van der Waals surface area contributed by atoms with Gasteiger partial charge in [-0.05, 0) is 24.4 Å². The average molecular weight is 273 g/mol. The minimum Gasteiger partial charge on any atom is -0.495 e. The molecule has 0 aliphatic rings. The lowest BCUT2D eigenvalue weighted by Gasteiger charge is -2.11. The fourth-order valence-corrected chi connectivity index (χ4v) is 2.01. The summed E-state index contributed by atoms with van der Waals surface area (Å²) in [5, 5.41) is 3.23. The number of nitrogens with zero attached hydrogens (tertiary/aromatic N) is 2. The first-order chi connectivity index (χ1) is 9.28. The first-order valence-corrected chi connectivity index (χ1v) is 6.02. The monoisotopic (exact) mass is 273 g/mol. The Bertz CT molecular complexity index is 779. The second-order valence-electron chi connectivity index (χ2n) is 3.84. The van der Waals surface area contributed by atoms with E-state index in [1.807, 2.05) is 24.3 Å². The van der Waals surface area contributed by atoms with Gasteiger partial charge in [0.05, 0.1) is 19.1 Å². The molecule has 0 bridgehead atoms. The normalized spacial score (nSPS) is 10.6. The van der Waals surface area contributed by atoms with Gasteiger partial charge in [0.15, 0.2) is 5.65 Å². The molecule has 0 spiro atoms. The molecule has 19 heavy (non-hydrogen) atoms. The number of imidazole rings is 1. The molecule has 1 aromatic carbocycles. The number of benzene rings is 1. The molecule has 0 saturated carbocycles. The van der Waals surface area contributed by atoms with Crippen LogP contribution in [0.1, 0.15) is 0 Å². The third-order valence-corrected chi connectivity index (χ3v) is 2.87. The summed E-state index contributed by atoms with van der Waals surface area (Å²) in [6.07, 6.45) is 1.58. The van der Waals surface area contributed by atoms with E-state index in [9.17, 15) is 0 Å². The highest BCUT2D eigenvalue weighted by molar-refractivity contribution is 7.71. The maximum Gasteiger partial charge on any atom is 0.200 e. The summed E-state index contributed by atoms with van der Waals surface area (Å²) in [7, 11) is 1.63. The Morgan fingerprint density at radius 2 is 2.16 bits per heavy atom. The predicted octanol–water partition coefficient (Wildman–Crippen LogP) is 2.77. The van der Waals surface area contributed by atoms with E-state index in [0.29, 0.717) is 16.2 Å². The van der Waals surface area contributed by atoms with Crippen LogP contribution in [0.4, 0.5) is 11.5 Å². The van der Waals surface area contributed by atoms with Gasteiger partial charge in [-0.15, -0.1) is 0 Å². The van der Waals surface area contributed by atoms with Gasteiger partial charge in [0.25, 0.3) is 0 Å². The molecule has 2 heterocycles. The number of hydrogen-bond acceptors (Lipinski definition) is 5. The number of nitrogens with one attached hydrogen (secondary N) is 3. The number of fused-ring (bicyclic) bond motifs is 1. The molecule has 3 rings (SSSR count). The number of ether oxygens (including phenoxy) is 1. The first kappa shape index (κ1) is 11.7. The molecule has 3 N–H and O–H groups in total. The molecular weight excluding hydrogens is 262 g/mol. The topological polar surface area (TPSA) is 78.6 Å². The Hall–Kier alpha value is -2.41. The third kappa shape index (κ3) is 2.15. The number of hydrogen-bond donors (Lipinski definition) is 3. The molecule has 0 aliphatic heterocycles. The van der Waals surface area contributed by atoms with Crippen molar-refractivity contribution in [3.63, 3.8) is 0 Å². The van der Waals surface area contributed by atoms with Crippen molar-refractivity contribution in [1.82, 2.24) is 19.9 Å². The molecule has 0 amide bonds. The van der Waals surface area contributed by atoms with Gasteiger partial charge in [0, 0.05) is 0 Å². The van der Waals surface area contributed by atoms with E-state index in [1.165, 1.54) is 0 Å². The molecule has 96 valence electrons. The van der Waals surface area contributed by atoms with Crippen molar-refractivity contribution in [2.24, 2.45) is 0 Å². The van der Waals surface area contributed by atoms with Crippen LogP contribution in [-0.2, 0) is 0 Å². The molecule has 0 radical (unpaired) electrons. The maximum atomic E-state index is 5.30. The smallest absolute Gasteiger partial charge is 0.200 e. The van der Waals surface area contributed by atoms with Crippen molar-refractivity contribution < 1.29 is 4.74 Å². The van der Waals surface area contributed by atoms with E-state index in [0.717, 1.165) is 17.0 Å². The lowest BCUT2D eigenvalue weighted by atomic mass is 10.3. The van der Waals surface area contributed by atoms with Crippen LogP contribution in [0.15, 0.2) is 30.6 Å². The number of aromatic amines is 2. The van der Waals surface area contributed by atoms with Crippen molar-refractivity contribution in [3.05, 3.63) is 35.4 Å². The minimum absolute atomic E-state index is 0.372. The third-order valence-electron chi connectivity index (χ3n) is 2.68. The van der Waals surface area contributed by atoms with Crippen molar-refractivity contribution >= 4 is 34.9 Å². The molecule has 0 fully saturated rings. The van der Waals surface area contributed by atoms with E-state index in [1.54, 1.807) is 13.4 Å². The van der Waals surface area contributed by atoms with Gasteiger partial charge < -0.3 is 20.0 Å². The van der Waals surface area contributed by atoms with Crippen LogP contribution in [0.5, 0.6) is 5.75 Å². The van der Waals surface area contributed by atoms with Crippen LogP contribution < -0.4 is 10.1 Å². The first-order valence-electron chi connectivity index (χ1n) is 5.61. The SMILES string of the molecule is COc1ccccc1Nc1[nH]c(=S)nc2nc[nH]c12. The standard InChI is InChI=1S/C12H11N5OS/c1-18-8-5-3-2-4-7(8)15-11-9-10(14-6-13-9)16-12(19)17-11/h2-6H,1H3,(H3,13,14,15,16,17,19). The van der Waals surface area contributed by atoms with E-state index < -0.39 is 0 Å². The van der Waals surface area contributed by atoms with Crippen LogP contribution in [0.2, 0.25) is 0 Å². The maximum absolute atomic E-state index is 5.30. The van der Waals surface area contributed by atoms with Crippen LogP contribution in [0.3, 0.4) is 0 Å². The number of para-hydroxylation sites is 2. The van der Waals surface area contributed by atoms with Gasteiger partial charge in [-0.2, -0.15) is 4.98 Å². The average Bonchev–Trinajstić information content (AvgIpc) is 2.87. The molecule has 0 unspecified atom stereocenters. The quantitative estimate of drug-likeness (QED) is 0.639. The molecule has 0 saturated heterocycles. The summed E-state index contributed by atoms with van der Waals surface area (Å²) < 4.78 is 5.67. The highest BCUT2D eigenvalue weighted by Gasteiger charge is 2.08. The Balaban J connectivity index is 2.10. The van der Waals surface area contributed by atoms with Gasteiger partial charge >= 0.3 is 0 Å². The second kappa shape index (κ2) is 4.69. The predicted molar refractivity (Wildman–Crippen MR) is 75.4 cm³/mol. The van der Waals surface area contributed by atoms with Crippen molar-refractivity contribution in [2.75, 3.05) is 12.4 Å². The summed E-state index contributed by atoms with van der Waals surface area (Å²) in [6.45, 7) is 0. The largest absolute Gasteiger partial charge is 0.495 e. The summed E-state index contributed by atoms with van der Waals surface area (Å²) >= 11 is 5.08. The molecule has 2 aromatic heterocycles. The Kier molecular flexibility index (Phi) is 2.88. The van der Waals surface area contributed by atoms with E-state index >= 15 is 0 Å². The lowest BCUT2D eigenvalue weighted by Crippen LogP contribution is -1.99. The van der Waals surface area contributed by atoms with Crippen molar-refractivity contribution in [2.45, 2.75) is 0 Å². The highest BCUT2D eigenvalue weighted by atomic mass is 32.1. The zero-order valence-corrected chi connectivity index (χ0v) is 10.9. The van der Waals surface area contributed by atoms with Gasteiger partial charge in [0.1, 0.15) is 17.1 Å². The van der Waals surface area contributed by atoms with Gasteiger partial charge in [-0.1, -0.05) is 12.1 Å². The van der Waals surface area contributed by atoms with Crippen LogP contribution in [-0.4, -0.2) is 27.0 Å². The van der Waals surface area contributed by atoms with Crippen LogP contribution in [0, 0.1) is 4.77 Å². The van der Waals surface area contributed by atoms with Gasteiger partial charge in [0.2, 0.25) is 4.77 Å². The van der Waals surface area contributed by atoms with Crippen molar-refractivity contribution in [3.8, 4) is 5.75 Å². The number of rotatable bonds is 3. The number of aromatic nitrogens is 4. The minimum atomic E-state index is 0.372. The van der Waals surface area contributed by atoms with Crippen LogP contribution >= 0.6 is 12.2 Å². The summed E-state index contributed by atoms with van der Waals surface area (Å²) in [4.78, 5) is 14.2. The Labute approximate surface area is 113 Å².